The number of likely N-dealkylation sites (N-methyl/N-ethyl adjacent to an activating group) is 1. The van der Waals surface area contributed by atoms with Crippen molar-refractivity contribution in [3.8, 4) is 0 Å². The van der Waals surface area contributed by atoms with E-state index in [-0.39, 0.29) is 6.04 Å². The van der Waals surface area contributed by atoms with Crippen molar-refractivity contribution in [3.05, 3.63) is 66.2 Å². The largest absolute Gasteiger partial charge is 0.387 e. The maximum absolute atomic E-state index is 12.2. The average molecular weight is 331 g/mol. The van der Waals surface area contributed by atoms with Crippen LogP contribution >= 0.6 is 0 Å². The van der Waals surface area contributed by atoms with Gasteiger partial charge in [0.25, 0.3) is 0 Å². The lowest BCUT2D eigenvalue weighted by Gasteiger charge is -2.29. The van der Waals surface area contributed by atoms with Gasteiger partial charge in [-0.2, -0.15) is 0 Å². The predicted octanol–water partition coefficient (Wildman–Crippen LogP) is 3.24. The second-order valence-electron chi connectivity index (χ2n) is 5.79. The molecule has 0 saturated heterocycles. The van der Waals surface area contributed by atoms with E-state index in [1.165, 1.54) is 0 Å². The highest BCUT2D eigenvalue weighted by atomic mass is 32.2. The summed E-state index contributed by atoms with van der Waals surface area (Å²) in [7, 11) is 1.05. The maximum Gasteiger partial charge on any atom is 0.0942 e. The van der Waals surface area contributed by atoms with Gasteiger partial charge in [0.1, 0.15) is 0 Å². The zero-order valence-electron chi connectivity index (χ0n) is 13.8. The summed E-state index contributed by atoms with van der Waals surface area (Å²) in [5.41, 5.74) is 0.930. The van der Waals surface area contributed by atoms with Gasteiger partial charge in [0.05, 0.1) is 16.9 Å². The average Bonchev–Trinajstić information content (AvgIpc) is 2.61. The number of rotatable bonds is 8. The lowest BCUT2D eigenvalue weighted by molar-refractivity contribution is 0.0728. The Morgan fingerprint density at radius 3 is 2.22 bits per heavy atom. The molecule has 3 nitrogen and oxygen atoms in total. The quantitative estimate of drug-likeness (QED) is 0.807. The van der Waals surface area contributed by atoms with Crippen LogP contribution in [0, 0.1) is 0 Å². The number of benzene rings is 2. The Bertz CT molecular complexity index is 603. The molecule has 0 spiro atoms. The Morgan fingerprint density at radius 2 is 1.61 bits per heavy atom. The van der Waals surface area contributed by atoms with Gasteiger partial charge >= 0.3 is 0 Å². The van der Waals surface area contributed by atoms with Crippen LogP contribution in [-0.2, 0) is 10.8 Å². The Labute approximate surface area is 141 Å². The molecule has 0 aliphatic rings. The number of hydrogen-bond donors (Lipinski definition) is 1. The molecule has 23 heavy (non-hydrogen) atoms. The number of hydrogen-bond acceptors (Lipinski definition) is 3. The van der Waals surface area contributed by atoms with Crippen LogP contribution in [0.5, 0.6) is 0 Å². The number of aliphatic hydroxyl groups is 1. The van der Waals surface area contributed by atoms with Crippen molar-refractivity contribution in [2.24, 2.45) is 0 Å². The van der Waals surface area contributed by atoms with Crippen molar-refractivity contribution in [2.45, 2.75) is 30.4 Å². The van der Waals surface area contributed by atoms with Gasteiger partial charge < -0.3 is 10.0 Å². The minimum absolute atomic E-state index is 0.0163. The first-order valence-corrected chi connectivity index (χ1v) is 9.28. The van der Waals surface area contributed by atoms with Crippen LogP contribution in [0.2, 0.25) is 0 Å². The maximum atomic E-state index is 12.2. The molecule has 0 aromatic heterocycles. The summed E-state index contributed by atoms with van der Waals surface area (Å²) in [5.74, 6) is 0.641. The minimum atomic E-state index is -0.949. The van der Waals surface area contributed by atoms with Gasteiger partial charge in [0, 0.05) is 16.7 Å². The van der Waals surface area contributed by atoms with E-state index in [1.807, 2.05) is 74.6 Å². The van der Waals surface area contributed by atoms with Gasteiger partial charge in [-0.05, 0) is 44.6 Å². The molecular weight excluding hydrogens is 306 g/mol. The van der Waals surface area contributed by atoms with Crippen molar-refractivity contribution in [2.75, 3.05) is 19.3 Å². The van der Waals surface area contributed by atoms with Gasteiger partial charge in [-0.15, -0.1) is 0 Å². The summed E-state index contributed by atoms with van der Waals surface area (Å²) in [6, 6.07) is 19.3. The summed E-state index contributed by atoms with van der Waals surface area (Å²) >= 11 is 0. The van der Waals surface area contributed by atoms with Gasteiger partial charge in [-0.1, -0.05) is 48.5 Å². The molecule has 2 rings (SSSR count). The fraction of sp³-hybridized carbons (Fsp3) is 0.368. The van der Waals surface area contributed by atoms with E-state index in [0.717, 1.165) is 23.4 Å². The van der Waals surface area contributed by atoms with Gasteiger partial charge in [-0.25, -0.2) is 0 Å². The molecule has 0 saturated carbocycles. The molecule has 4 heteroatoms. The van der Waals surface area contributed by atoms with E-state index in [4.69, 9.17) is 0 Å². The topological polar surface area (TPSA) is 40.5 Å². The molecule has 3 atom stereocenters. The molecule has 0 radical (unpaired) electrons. The van der Waals surface area contributed by atoms with Gasteiger partial charge in [0.15, 0.2) is 0 Å². The van der Waals surface area contributed by atoms with Crippen molar-refractivity contribution in [1.29, 1.82) is 0 Å². The van der Waals surface area contributed by atoms with Crippen LogP contribution in [0.25, 0.3) is 0 Å². The third-order valence-electron chi connectivity index (χ3n) is 4.14. The van der Waals surface area contributed by atoms with E-state index in [0.29, 0.717) is 5.75 Å². The van der Waals surface area contributed by atoms with E-state index in [1.54, 1.807) is 0 Å². The van der Waals surface area contributed by atoms with E-state index in [9.17, 15) is 9.32 Å². The minimum Gasteiger partial charge on any atom is -0.387 e. The molecule has 0 bridgehead atoms. The normalized spacial score (nSPS) is 15.3. The Hall–Kier alpha value is -1.49. The lowest BCUT2D eigenvalue weighted by Crippen LogP contribution is -2.35. The molecule has 0 heterocycles. The first-order chi connectivity index (χ1) is 11.1. The third kappa shape index (κ3) is 5.27. The van der Waals surface area contributed by atoms with Crippen LogP contribution in [0.3, 0.4) is 0 Å². The molecule has 0 amide bonds. The fourth-order valence-electron chi connectivity index (χ4n) is 2.51. The zero-order chi connectivity index (χ0) is 16.7. The van der Waals surface area contributed by atoms with Crippen molar-refractivity contribution < 1.29 is 9.32 Å². The van der Waals surface area contributed by atoms with Crippen LogP contribution in [-0.4, -0.2) is 39.6 Å². The van der Waals surface area contributed by atoms with Crippen molar-refractivity contribution in [3.63, 3.8) is 0 Å². The smallest absolute Gasteiger partial charge is 0.0942 e. The molecule has 0 aliphatic heterocycles. The summed E-state index contributed by atoms with van der Waals surface area (Å²) in [5, 5.41) is 10.4. The monoisotopic (exact) mass is 331 g/mol. The zero-order valence-corrected chi connectivity index (χ0v) is 14.6. The molecule has 3 unspecified atom stereocenters. The van der Waals surface area contributed by atoms with Crippen LogP contribution in [0.15, 0.2) is 65.6 Å². The predicted molar refractivity (Wildman–Crippen MR) is 95.8 cm³/mol. The Kier molecular flexibility index (Phi) is 6.96. The summed E-state index contributed by atoms with van der Waals surface area (Å²) in [6.45, 7) is 2.83. The number of aliphatic hydroxyl groups excluding tert-OH is 1. The molecular formula is C19H25NO2S. The van der Waals surface area contributed by atoms with Crippen LogP contribution < -0.4 is 0 Å². The summed E-state index contributed by atoms with van der Waals surface area (Å²) in [6.07, 6.45) is 0.324. The Morgan fingerprint density at radius 1 is 1.04 bits per heavy atom. The second kappa shape index (κ2) is 8.96. The van der Waals surface area contributed by atoms with Gasteiger partial charge in [-0.3, -0.25) is 4.21 Å². The summed E-state index contributed by atoms with van der Waals surface area (Å²) in [4.78, 5) is 3.01. The molecule has 0 aliphatic carbocycles. The van der Waals surface area contributed by atoms with Crippen LogP contribution in [0.1, 0.15) is 25.0 Å². The first kappa shape index (κ1) is 17.9. The first-order valence-electron chi connectivity index (χ1n) is 7.96. The van der Waals surface area contributed by atoms with E-state index < -0.39 is 16.9 Å². The van der Waals surface area contributed by atoms with Crippen LogP contribution in [0.4, 0.5) is 0 Å². The second-order valence-corrected chi connectivity index (χ2v) is 7.36. The summed E-state index contributed by atoms with van der Waals surface area (Å²) < 4.78 is 12.2. The molecule has 2 aromatic rings. The molecule has 124 valence electrons. The highest BCUT2D eigenvalue weighted by Gasteiger charge is 2.20. The third-order valence-corrected chi connectivity index (χ3v) is 5.60. The Balaban J connectivity index is 1.80. The van der Waals surface area contributed by atoms with E-state index >= 15 is 0 Å². The van der Waals surface area contributed by atoms with Gasteiger partial charge in [0.2, 0.25) is 0 Å². The standard InChI is InChI=1S/C19H25NO2S/c1-16(19(21)17-10-5-3-6-11-17)20(2)14-9-15-23(22)18-12-7-4-8-13-18/h3-8,10-13,16,19,21H,9,14-15H2,1-2H3. The lowest BCUT2D eigenvalue weighted by atomic mass is 10.0. The molecule has 0 fully saturated rings. The van der Waals surface area contributed by atoms with Crippen molar-refractivity contribution in [1.82, 2.24) is 4.90 Å². The highest BCUT2D eigenvalue weighted by molar-refractivity contribution is 7.85. The molecule has 2 aromatic carbocycles. The number of nitrogens with zero attached hydrogens (tertiary/aromatic N) is 1. The van der Waals surface area contributed by atoms with E-state index in [2.05, 4.69) is 4.90 Å². The molecule has 1 N–H and O–H groups in total. The van der Waals surface area contributed by atoms with Crippen molar-refractivity contribution >= 4 is 10.8 Å². The highest BCUT2D eigenvalue weighted by Crippen LogP contribution is 2.20. The fourth-order valence-corrected chi connectivity index (χ4v) is 3.60. The SMILES string of the molecule is CC(C(O)c1ccccc1)N(C)CCCS(=O)c1ccccc1.